The summed E-state index contributed by atoms with van der Waals surface area (Å²) in [5, 5.41) is 2.93. The Labute approximate surface area is 183 Å². The van der Waals surface area contributed by atoms with Gasteiger partial charge in [0.15, 0.2) is 0 Å². The molecule has 6 nitrogen and oxygen atoms in total. The maximum Gasteiger partial charge on any atom is 0.246 e. The topological polar surface area (TPSA) is 62.7 Å². The fourth-order valence-electron chi connectivity index (χ4n) is 3.42. The number of nitrogens with zero attached hydrogens (tertiary/aromatic N) is 3. The number of aromatic nitrogens is 1. The van der Waals surface area contributed by atoms with E-state index < -0.39 is 26.6 Å². The third-order valence-electron chi connectivity index (χ3n) is 5.14. The summed E-state index contributed by atoms with van der Waals surface area (Å²) in [6.45, 7) is 2.07. The van der Waals surface area contributed by atoms with Crippen LogP contribution in [0, 0.1) is 11.6 Å². The normalized spacial score (nSPS) is 15.8. The highest BCUT2D eigenvalue weighted by molar-refractivity contribution is 7.89. The molecule has 31 heavy (non-hydrogen) atoms. The smallest absolute Gasteiger partial charge is 0.246 e. The van der Waals surface area contributed by atoms with Crippen LogP contribution in [0.5, 0.6) is 5.75 Å². The number of rotatable bonds is 6. The van der Waals surface area contributed by atoms with Gasteiger partial charge < -0.3 is 4.74 Å². The first-order chi connectivity index (χ1) is 14.9. The third-order valence-corrected chi connectivity index (χ3v) is 7.90. The number of benzene rings is 2. The number of halogens is 2. The van der Waals surface area contributed by atoms with E-state index in [1.165, 1.54) is 4.31 Å². The second-order valence-electron chi connectivity index (χ2n) is 7.11. The summed E-state index contributed by atoms with van der Waals surface area (Å²) in [6.07, 6.45) is 0. The first-order valence-electron chi connectivity index (χ1n) is 9.63. The van der Waals surface area contributed by atoms with Gasteiger partial charge in [-0.05, 0) is 36.4 Å². The minimum absolute atomic E-state index is 0.232. The zero-order valence-corrected chi connectivity index (χ0v) is 18.4. The van der Waals surface area contributed by atoms with E-state index in [4.69, 9.17) is 4.74 Å². The minimum atomic E-state index is -4.00. The molecule has 164 valence electrons. The van der Waals surface area contributed by atoms with Crippen molar-refractivity contribution >= 4 is 21.4 Å². The zero-order valence-electron chi connectivity index (χ0n) is 16.8. The Kier molecular flexibility index (Phi) is 6.33. The first kappa shape index (κ1) is 21.8. The Bertz CT molecular complexity index is 1160. The van der Waals surface area contributed by atoms with Gasteiger partial charge in [-0.1, -0.05) is 0 Å². The molecule has 1 saturated heterocycles. The van der Waals surface area contributed by atoms with Gasteiger partial charge in [0.05, 0.1) is 19.3 Å². The van der Waals surface area contributed by atoms with Crippen molar-refractivity contribution in [2.24, 2.45) is 0 Å². The number of hydrogen-bond acceptors (Lipinski definition) is 6. The van der Waals surface area contributed by atoms with Gasteiger partial charge in [0, 0.05) is 43.2 Å². The van der Waals surface area contributed by atoms with Crippen LogP contribution in [0.2, 0.25) is 0 Å². The average molecular weight is 466 g/mol. The number of ether oxygens (including phenoxy) is 1. The zero-order chi connectivity index (χ0) is 22.0. The molecule has 0 unspecified atom stereocenters. The molecule has 0 N–H and O–H groups in total. The van der Waals surface area contributed by atoms with Gasteiger partial charge >= 0.3 is 0 Å². The summed E-state index contributed by atoms with van der Waals surface area (Å²) in [5.74, 6) is -1.09. The molecule has 0 spiro atoms. The van der Waals surface area contributed by atoms with Crippen molar-refractivity contribution in [2.75, 3.05) is 33.3 Å². The quantitative estimate of drug-likeness (QED) is 0.557. The van der Waals surface area contributed by atoms with E-state index >= 15 is 0 Å². The standard InChI is InChI=1S/C21H21F2N3O3S2/c1-29-17-5-2-15(3-6-17)19-14-30-21(24-19)13-25-8-10-26(11-9-25)31(27,28)20-7-4-16(22)12-18(20)23/h2-7,12,14H,8-11,13H2,1H3. The van der Waals surface area contributed by atoms with Crippen LogP contribution in [-0.4, -0.2) is 55.9 Å². The van der Waals surface area contributed by atoms with Gasteiger partial charge in [-0.15, -0.1) is 11.3 Å². The van der Waals surface area contributed by atoms with Crippen LogP contribution in [0.25, 0.3) is 11.3 Å². The number of thiazole rings is 1. The highest BCUT2D eigenvalue weighted by Crippen LogP contribution is 2.26. The van der Waals surface area contributed by atoms with E-state index in [9.17, 15) is 17.2 Å². The fourth-order valence-corrected chi connectivity index (χ4v) is 5.73. The van der Waals surface area contributed by atoms with Crippen molar-refractivity contribution < 1.29 is 21.9 Å². The van der Waals surface area contributed by atoms with Crippen LogP contribution in [0.15, 0.2) is 52.7 Å². The summed E-state index contributed by atoms with van der Waals surface area (Å²) < 4.78 is 58.9. The van der Waals surface area contributed by atoms with Crippen molar-refractivity contribution in [1.82, 2.24) is 14.2 Å². The molecule has 3 aromatic rings. The third kappa shape index (κ3) is 4.77. The molecule has 0 atom stereocenters. The summed E-state index contributed by atoms with van der Waals surface area (Å²) >= 11 is 1.55. The fraction of sp³-hybridized carbons (Fsp3) is 0.286. The largest absolute Gasteiger partial charge is 0.497 e. The lowest BCUT2D eigenvalue weighted by Crippen LogP contribution is -2.48. The Morgan fingerprint density at radius 3 is 2.42 bits per heavy atom. The molecule has 2 heterocycles. The van der Waals surface area contributed by atoms with Crippen molar-refractivity contribution in [1.29, 1.82) is 0 Å². The minimum Gasteiger partial charge on any atom is -0.497 e. The molecule has 1 fully saturated rings. The maximum atomic E-state index is 14.0. The molecule has 0 radical (unpaired) electrons. The lowest BCUT2D eigenvalue weighted by atomic mass is 10.2. The summed E-state index contributed by atoms with van der Waals surface area (Å²) in [7, 11) is -2.38. The lowest BCUT2D eigenvalue weighted by molar-refractivity contribution is 0.181. The molecular formula is C21H21F2N3O3S2. The van der Waals surface area contributed by atoms with Crippen molar-refractivity contribution in [2.45, 2.75) is 11.4 Å². The van der Waals surface area contributed by atoms with Gasteiger partial charge in [-0.2, -0.15) is 4.31 Å². The number of sulfonamides is 1. The van der Waals surface area contributed by atoms with E-state index in [0.29, 0.717) is 25.7 Å². The molecule has 2 aromatic carbocycles. The Morgan fingerprint density at radius 2 is 1.77 bits per heavy atom. The molecule has 1 aliphatic rings. The van der Waals surface area contributed by atoms with Crippen LogP contribution in [0.4, 0.5) is 8.78 Å². The molecule has 1 aromatic heterocycles. The van der Waals surface area contributed by atoms with Crippen LogP contribution in [-0.2, 0) is 16.6 Å². The SMILES string of the molecule is COc1ccc(-c2csc(CN3CCN(S(=O)(=O)c4ccc(F)cc4F)CC3)n2)cc1. The van der Waals surface area contributed by atoms with Gasteiger partial charge in [0.25, 0.3) is 0 Å². The molecule has 0 aliphatic carbocycles. The van der Waals surface area contributed by atoms with Crippen LogP contribution in [0.3, 0.4) is 0 Å². The number of methoxy groups -OCH3 is 1. The summed E-state index contributed by atoms with van der Waals surface area (Å²) in [4.78, 5) is 6.31. The lowest BCUT2D eigenvalue weighted by Gasteiger charge is -2.33. The van der Waals surface area contributed by atoms with Crippen molar-refractivity contribution in [3.05, 3.63) is 64.5 Å². The van der Waals surface area contributed by atoms with E-state index in [2.05, 4.69) is 9.88 Å². The maximum absolute atomic E-state index is 14.0. The van der Waals surface area contributed by atoms with Crippen LogP contribution >= 0.6 is 11.3 Å². The van der Waals surface area contributed by atoms with E-state index in [1.807, 2.05) is 29.6 Å². The molecular weight excluding hydrogens is 444 g/mol. The monoisotopic (exact) mass is 465 g/mol. The van der Waals surface area contributed by atoms with Gasteiger partial charge in [0.2, 0.25) is 10.0 Å². The second kappa shape index (κ2) is 8.99. The summed E-state index contributed by atoms with van der Waals surface area (Å²) in [6, 6.07) is 10.2. The van der Waals surface area contributed by atoms with Crippen LogP contribution in [0.1, 0.15) is 5.01 Å². The van der Waals surface area contributed by atoms with Crippen molar-refractivity contribution in [3.63, 3.8) is 0 Å². The highest BCUT2D eigenvalue weighted by Gasteiger charge is 2.31. The number of piperazine rings is 1. The highest BCUT2D eigenvalue weighted by atomic mass is 32.2. The molecule has 4 rings (SSSR count). The van der Waals surface area contributed by atoms with Gasteiger partial charge in [0.1, 0.15) is 27.3 Å². The van der Waals surface area contributed by atoms with E-state index in [1.54, 1.807) is 18.4 Å². The first-order valence-corrected chi connectivity index (χ1v) is 11.9. The number of hydrogen-bond donors (Lipinski definition) is 0. The molecule has 0 saturated carbocycles. The Morgan fingerprint density at radius 1 is 1.06 bits per heavy atom. The molecule has 0 bridgehead atoms. The average Bonchev–Trinajstić information content (AvgIpc) is 3.22. The van der Waals surface area contributed by atoms with Gasteiger partial charge in [-0.25, -0.2) is 22.2 Å². The Hall–Kier alpha value is -2.40. The molecule has 10 heteroatoms. The predicted molar refractivity (Wildman–Crippen MR) is 114 cm³/mol. The second-order valence-corrected chi connectivity index (χ2v) is 9.96. The molecule has 0 amide bonds. The Balaban J connectivity index is 1.37. The molecule has 1 aliphatic heterocycles. The van der Waals surface area contributed by atoms with Crippen molar-refractivity contribution in [3.8, 4) is 17.0 Å². The van der Waals surface area contributed by atoms with Gasteiger partial charge in [-0.3, -0.25) is 4.90 Å². The predicted octanol–water partition coefficient (Wildman–Crippen LogP) is 3.60. The summed E-state index contributed by atoms with van der Waals surface area (Å²) in [5.41, 5.74) is 1.89. The van der Waals surface area contributed by atoms with E-state index in [-0.39, 0.29) is 13.1 Å². The van der Waals surface area contributed by atoms with Crippen LogP contribution < -0.4 is 4.74 Å². The van der Waals surface area contributed by atoms with E-state index in [0.717, 1.165) is 34.1 Å².